The Hall–Kier alpha value is -1.94. The van der Waals surface area contributed by atoms with Crippen molar-refractivity contribution in [2.75, 3.05) is 47.9 Å². The zero-order valence-electron chi connectivity index (χ0n) is 18.3. The van der Waals surface area contributed by atoms with E-state index in [0.717, 1.165) is 48.4 Å². The summed E-state index contributed by atoms with van der Waals surface area (Å²) in [5.41, 5.74) is 1.07. The van der Waals surface area contributed by atoms with Gasteiger partial charge in [-0.3, -0.25) is 9.89 Å². The Kier molecular flexibility index (Phi) is 9.77. The van der Waals surface area contributed by atoms with E-state index in [1.54, 1.807) is 20.5 Å². The van der Waals surface area contributed by atoms with Gasteiger partial charge in [-0.15, -0.1) is 24.0 Å². The lowest BCUT2D eigenvalue weighted by molar-refractivity contribution is 0.214. The fourth-order valence-electron chi connectivity index (χ4n) is 3.83. The number of likely N-dealkylation sites (tertiary alicyclic amines) is 1. The van der Waals surface area contributed by atoms with Crippen LogP contribution in [-0.2, 0) is 6.54 Å². The first-order valence-corrected chi connectivity index (χ1v) is 10.1. The summed E-state index contributed by atoms with van der Waals surface area (Å²) < 4.78 is 16.5. The van der Waals surface area contributed by atoms with E-state index in [4.69, 9.17) is 13.9 Å². The van der Waals surface area contributed by atoms with Gasteiger partial charge in [0.2, 0.25) is 0 Å². The molecule has 30 heavy (non-hydrogen) atoms. The highest BCUT2D eigenvalue weighted by Gasteiger charge is 2.26. The molecule has 1 N–H and O–H groups in total. The minimum atomic E-state index is 0. The summed E-state index contributed by atoms with van der Waals surface area (Å²) in [7, 11) is 7.16. The maximum Gasteiger partial charge on any atom is 0.193 e. The molecular weight excluding hydrogens is 495 g/mol. The number of methoxy groups -OCH3 is 2. The van der Waals surface area contributed by atoms with Gasteiger partial charge in [-0.25, -0.2) is 0 Å². The standard InChI is InChI=1S/C22H32N4O3.HI/c1-23-22(25(2)16-17-9-10-18(27-3)14-21(17)28-4)24-15-19(20-8-7-13-29-20)26-11-5-6-12-26;/h7-10,13-14,19H,5-6,11-12,15-16H2,1-4H3,(H,23,24);1H. The Morgan fingerprint density at radius 3 is 2.60 bits per heavy atom. The molecule has 2 aromatic rings. The van der Waals surface area contributed by atoms with Crippen LogP contribution in [0.4, 0.5) is 0 Å². The molecule has 2 heterocycles. The third-order valence-electron chi connectivity index (χ3n) is 5.38. The largest absolute Gasteiger partial charge is 0.497 e. The van der Waals surface area contributed by atoms with Crippen LogP contribution in [0.25, 0.3) is 0 Å². The lowest BCUT2D eigenvalue weighted by Crippen LogP contribution is -2.43. The van der Waals surface area contributed by atoms with Crippen molar-refractivity contribution in [3.63, 3.8) is 0 Å². The van der Waals surface area contributed by atoms with Crippen LogP contribution in [0.1, 0.15) is 30.2 Å². The van der Waals surface area contributed by atoms with E-state index >= 15 is 0 Å². The summed E-state index contributed by atoms with van der Waals surface area (Å²) in [5.74, 6) is 3.41. The van der Waals surface area contributed by atoms with Gasteiger partial charge in [0.05, 0.1) is 26.5 Å². The zero-order chi connectivity index (χ0) is 20.6. The van der Waals surface area contributed by atoms with Crippen molar-refractivity contribution in [1.82, 2.24) is 15.1 Å². The number of halogens is 1. The molecule has 1 aromatic carbocycles. The lowest BCUT2D eigenvalue weighted by atomic mass is 10.1. The highest BCUT2D eigenvalue weighted by molar-refractivity contribution is 14.0. The van der Waals surface area contributed by atoms with Crippen molar-refractivity contribution in [2.24, 2.45) is 4.99 Å². The number of aliphatic imine (C=N–C) groups is 1. The molecule has 0 aliphatic carbocycles. The number of benzene rings is 1. The maximum atomic E-state index is 5.72. The summed E-state index contributed by atoms with van der Waals surface area (Å²) >= 11 is 0. The highest BCUT2D eigenvalue weighted by atomic mass is 127. The van der Waals surface area contributed by atoms with Crippen LogP contribution in [0.15, 0.2) is 46.0 Å². The second kappa shape index (κ2) is 12.0. The number of ether oxygens (including phenoxy) is 2. The predicted octanol–water partition coefficient (Wildman–Crippen LogP) is 3.76. The molecule has 1 aliphatic rings. The van der Waals surface area contributed by atoms with Crippen molar-refractivity contribution >= 4 is 29.9 Å². The number of nitrogens with zero attached hydrogens (tertiary/aromatic N) is 3. The molecule has 1 atom stereocenters. The second-order valence-electron chi connectivity index (χ2n) is 7.24. The minimum Gasteiger partial charge on any atom is -0.497 e. The smallest absolute Gasteiger partial charge is 0.193 e. The average Bonchev–Trinajstić information content (AvgIpc) is 3.46. The van der Waals surface area contributed by atoms with Crippen molar-refractivity contribution in [3.05, 3.63) is 47.9 Å². The summed E-state index contributed by atoms with van der Waals surface area (Å²) in [6.07, 6.45) is 4.22. The van der Waals surface area contributed by atoms with E-state index in [2.05, 4.69) is 26.2 Å². The van der Waals surface area contributed by atoms with Gasteiger partial charge < -0.3 is 24.1 Å². The Morgan fingerprint density at radius 1 is 1.23 bits per heavy atom. The van der Waals surface area contributed by atoms with Gasteiger partial charge in [0.15, 0.2) is 5.96 Å². The minimum absolute atomic E-state index is 0. The average molecular weight is 528 g/mol. The fourth-order valence-corrected chi connectivity index (χ4v) is 3.83. The molecule has 7 nitrogen and oxygen atoms in total. The van der Waals surface area contributed by atoms with Gasteiger partial charge >= 0.3 is 0 Å². The molecule has 3 rings (SSSR count). The monoisotopic (exact) mass is 528 g/mol. The van der Waals surface area contributed by atoms with Crippen LogP contribution in [0.2, 0.25) is 0 Å². The van der Waals surface area contributed by atoms with Crippen LogP contribution in [0.3, 0.4) is 0 Å². The SMILES string of the molecule is CN=C(NCC(c1ccco1)N1CCCC1)N(C)Cc1ccc(OC)cc1OC.I. The summed E-state index contributed by atoms with van der Waals surface area (Å²) in [6.45, 7) is 3.61. The number of nitrogens with one attached hydrogen (secondary N) is 1. The first-order chi connectivity index (χ1) is 14.2. The van der Waals surface area contributed by atoms with Crippen LogP contribution in [0.5, 0.6) is 11.5 Å². The van der Waals surface area contributed by atoms with Gasteiger partial charge in [0.1, 0.15) is 17.3 Å². The summed E-state index contributed by atoms with van der Waals surface area (Å²) in [6, 6.07) is 10.1. The molecule has 0 saturated carbocycles. The molecule has 1 fully saturated rings. The summed E-state index contributed by atoms with van der Waals surface area (Å²) in [4.78, 5) is 9.04. The van der Waals surface area contributed by atoms with E-state index in [1.165, 1.54) is 12.8 Å². The number of hydrogen-bond donors (Lipinski definition) is 1. The van der Waals surface area contributed by atoms with E-state index in [0.29, 0.717) is 6.54 Å². The van der Waals surface area contributed by atoms with Crippen molar-refractivity contribution in [1.29, 1.82) is 0 Å². The molecule has 1 aliphatic heterocycles. The van der Waals surface area contributed by atoms with Crippen molar-refractivity contribution in [2.45, 2.75) is 25.4 Å². The van der Waals surface area contributed by atoms with E-state index in [-0.39, 0.29) is 30.0 Å². The van der Waals surface area contributed by atoms with Crippen molar-refractivity contribution in [3.8, 4) is 11.5 Å². The third kappa shape index (κ3) is 6.04. The molecule has 0 bridgehead atoms. The topological polar surface area (TPSA) is 62.5 Å². The molecule has 0 spiro atoms. The Bertz CT molecular complexity index is 792. The molecule has 8 heteroatoms. The van der Waals surface area contributed by atoms with Gasteiger partial charge in [-0.1, -0.05) is 0 Å². The number of rotatable bonds is 8. The Balaban J connectivity index is 0.00000320. The molecule has 0 amide bonds. The number of furan rings is 1. The van der Waals surface area contributed by atoms with E-state index in [9.17, 15) is 0 Å². The number of guanidine groups is 1. The van der Waals surface area contributed by atoms with Crippen LogP contribution < -0.4 is 14.8 Å². The number of hydrogen-bond acceptors (Lipinski definition) is 5. The zero-order valence-corrected chi connectivity index (χ0v) is 20.6. The molecule has 1 aromatic heterocycles. The fraction of sp³-hybridized carbons (Fsp3) is 0.500. The van der Waals surface area contributed by atoms with Crippen LogP contribution in [0, 0.1) is 0 Å². The molecular formula is C22H33IN4O3. The predicted molar refractivity (Wildman–Crippen MR) is 130 cm³/mol. The molecule has 1 saturated heterocycles. The Morgan fingerprint density at radius 2 is 2.00 bits per heavy atom. The second-order valence-corrected chi connectivity index (χ2v) is 7.24. The van der Waals surface area contributed by atoms with Gasteiger partial charge in [0.25, 0.3) is 0 Å². The van der Waals surface area contributed by atoms with Gasteiger partial charge in [-0.2, -0.15) is 0 Å². The normalized spacial score (nSPS) is 15.4. The highest BCUT2D eigenvalue weighted by Crippen LogP contribution is 2.26. The lowest BCUT2D eigenvalue weighted by Gasteiger charge is -2.29. The molecule has 0 radical (unpaired) electrons. The first-order valence-electron chi connectivity index (χ1n) is 10.1. The van der Waals surface area contributed by atoms with Gasteiger partial charge in [-0.05, 0) is 50.2 Å². The summed E-state index contributed by atoms with van der Waals surface area (Å²) in [5, 5.41) is 3.52. The van der Waals surface area contributed by atoms with E-state index < -0.39 is 0 Å². The Labute approximate surface area is 196 Å². The maximum absolute atomic E-state index is 5.72. The molecule has 166 valence electrons. The first kappa shape index (κ1) is 24.3. The van der Waals surface area contributed by atoms with Crippen LogP contribution in [-0.4, -0.2) is 63.7 Å². The third-order valence-corrected chi connectivity index (χ3v) is 5.38. The van der Waals surface area contributed by atoms with Crippen molar-refractivity contribution < 1.29 is 13.9 Å². The quantitative estimate of drug-likeness (QED) is 0.320. The molecule has 1 unspecified atom stereocenters. The van der Waals surface area contributed by atoms with E-state index in [1.807, 2.05) is 38.4 Å². The van der Waals surface area contributed by atoms with Crippen LogP contribution >= 0.6 is 24.0 Å². The van der Waals surface area contributed by atoms with Gasteiger partial charge in [0, 0.05) is 38.8 Å².